The highest BCUT2D eigenvalue weighted by molar-refractivity contribution is 5.78. The van der Waals surface area contributed by atoms with Crippen molar-refractivity contribution in [3.8, 4) is 0 Å². The Hall–Kier alpha value is -1.86. The Labute approximate surface area is 149 Å². The van der Waals surface area contributed by atoms with Gasteiger partial charge in [-0.15, -0.1) is 0 Å². The highest BCUT2D eigenvalue weighted by atomic mass is 19.1. The van der Waals surface area contributed by atoms with E-state index in [1.54, 1.807) is 0 Å². The Kier molecular flexibility index (Phi) is 6.47. The molecular weight excluding hydrogens is 321 g/mol. The van der Waals surface area contributed by atoms with E-state index in [9.17, 15) is 4.39 Å². The summed E-state index contributed by atoms with van der Waals surface area (Å²) in [7, 11) is 0. The lowest BCUT2D eigenvalue weighted by Gasteiger charge is -2.36. The first-order valence-corrected chi connectivity index (χ1v) is 9.08. The summed E-state index contributed by atoms with van der Waals surface area (Å²) in [5, 5.41) is 0. The van der Waals surface area contributed by atoms with Gasteiger partial charge in [0.15, 0.2) is 5.96 Å². The van der Waals surface area contributed by atoms with Crippen LogP contribution in [0, 0.1) is 5.82 Å². The molecule has 0 aliphatic carbocycles. The van der Waals surface area contributed by atoms with Crippen LogP contribution < -0.4 is 10.6 Å². The Bertz CT molecular complexity index is 551. The van der Waals surface area contributed by atoms with Crippen LogP contribution in [-0.4, -0.2) is 81.3 Å². The van der Waals surface area contributed by atoms with E-state index in [2.05, 4.69) is 19.7 Å². The lowest BCUT2D eigenvalue weighted by molar-refractivity contribution is 0.0377. The fourth-order valence-electron chi connectivity index (χ4n) is 3.26. The van der Waals surface area contributed by atoms with Crippen molar-refractivity contribution in [2.75, 3.05) is 70.5 Å². The fourth-order valence-corrected chi connectivity index (χ4v) is 3.26. The van der Waals surface area contributed by atoms with Gasteiger partial charge in [0.05, 0.1) is 13.2 Å². The molecule has 0 aromatic heterocycles. The third-order valence-electron chi connectivity index (χ3n) is 4.81. The molecule has 2 heterocycles. The van der Waals surface area contributed by atoms with Crippen molar-refractivity contribution in [3.05, 3.63) is 30.1 Å². The Morgan fingerprint density at radius 1 is 1.04 bits per heavy atom. The molecule has 2 saturated heterocycles. The molecule has 1 aromatic rings. The summed E-state index contributed by atoms with van der Waals surface area (Å²) in [4.78, 5) is 11.3. The van der Waals surface area contributed by atoms with Gasteiger partial charge in [0.2, 0.25) is 0 Å². The quantitative estimate of drug-likeness (QED) is 0.488. The topological polar surface area (TPSA) is 57.3 Å². The molecule has 7 heteroatoms. The molecule has 2 N–H and O–H groups in total. The molecule has 3 rings (SSSR count). The third-order valence-corrected chi connectivity index (χ3v) is 4.81. The number of aliphatic imine (C=N–C) groups is 1. The van der Waals surface area contributed by atoms with E-state index >= 15 is 0 Å². The van der Waals surface area contributed by atoms with E-state index in [4.69, 9.17) is 10.5 Å². The van der Waals surface area contributed by atoms with E-state index < -0.39 is 0 Å². The molecule has 0 atom stereocenters. The SMILES string of the molecule is NC(=NCCCN1CCOCC1)N1CCN(c2ccc(F)cc2)CC1. The number of piperazine rings is 1. The fraction of sp³-hybridized carbons (Fsp3) is 0.611. The van der Waals surface area contributed by atoms with Crippen molar-refractivity contribution in [2.24, 2.45) is 10.7 Å². The zero-order valence-electron chi connectivity index (χ0n) is 14.7. The van der Waals surface area contributed by atoms with E-state index in [1.807, 2.05) is 12.1 Å². The monoisotopic (exact) mass is 349 g/mol. The smallest absolute Gasteiger partial charge is 0.191 e. The molecule has 6 nitrogen and oxygen atoms in total. The number of morpholine rings is 1. The highest BCUT2D eigenvalue weighted by Crippen LogP contribution is 2.16. The minimum atomic E-state index is -0.198. The van der Waals surface area contributed by atoms with Crippen molar-refractivity contribution in [1.82, 2.24) is 9.80 Å². The van der Waals surface area contributed by atoms with Crippen molar-refractivity contribution < 1.29 is 9.13 Å². The summed E-state index contributed by atoms with van der Waals surface area (Å²) in [6.45, 7) is 8.96. The van der Waals surface area contributed by atoms with E-state index in [0.29, 0.717) is 5.96 Å². The molecule has 0 saturated carbocycles. The standard InChI is InChI=1S/C18H28FN5O/c19-16-2-4-17(5-3-16)23-8-10-24(11-9-23)18(20)21-6-1-7-22-12-14-25-15-13-22/h2-5H,1,6-15H2,(H2,20,21). The number of hydrogen-bond acceptors (Lipinski definition) is 4. The maximum atomic E-state index is 13.0. The summed E-state index contributed by atoms with van der Waals surface area (Å²) in [6, 6.07) is 6.67. The molecule has 138 valence electrons. The van der Waals surface area contributed by atoms with Gasteiger partial charge < -0.3 is 20.3 Å². The minimum absolute atomic E-state index is 0.198. The summed E-state index contributed by atoms with van der Waals surface area (Å²) in [6.07, 6.45) is 1.02. The van der Waals surface area contributed by atoms with Crippen LogP contribution in [0.5, 0.6) is 0 Å². The molecule has 2 aliphatic rings. The van der Waals surface area contributed by atoms with Crippen LogP contribution in [-0.2, 0) is 4.74 Å². The summed E-state index contributed by atoms with van der Waals surface area (Å²) < 4.78 is 18.4. The first kappa shape index (κ1) is 17.9. The summed E-state index contributed by atoms with van der Waals surface area (Å²) in [5.74, 6) is 0.441. The van der Waals surface area contributed by atoms with Crippen LogP contribution in [0.15, 0.2) is 29.3 Å². The second-order valence-corrected chi connectivity index (χ2v) is 6.50. The van der Waals surface area contributed by atoms with Gasteiger partial charge in [-0.25, -0.2) is 4.39 Å². The second-order valence-electron chi connectivity index (χ2n) is 6.50. The number of hydrogen-bond donors (Lipinski definition) is 1. The zero-order valence-corrected chi connectivity index (χ0v) is 14.7. The molecule has 0 amide bonds. The number of anilines is 1. The van der Waals surface area contributed by atoms with Crippen LogP contribution in [0.3, 0.4) is 0 Å². The highest BCUT2D eigenvalue weighted by Gasteiger charge is 2.18. The predicted octanol–water partition coefficient (Wildman–Crippen LogP) is 0.985. The lowest BCUT2D eigenvalue weighted by Crippen LogP contribution is -2.51. The molecule has 0 spiro atoms. The first-order valence-electron chi connectivity index (χ1n) is 9.08. The largest absolute Gasteiger partial charge is 0.379 e. The van der Waals surface area contributed by atoms with Crippen LogP contribution in [0.25, 0.3) is 0 Å². The number of ether oxygens (including phenoxy) is 1. The van der Waals surface area contributed by atoms with Gasteiger partial charge in [0, 0.05) is 58.0 Å². The third kappa shape index (κ3) is 5.31. The average molecular weight is 349 g/mol. The molecule has 2 fully saturated rings. The maximum Gasteiger partial charge on any atom is 0.191 e. The average Bonchev–Trinajstić information content (AvgIpc) is 2.67. The van der Waals surface area contributed by atoms with Crippen molar-refractivity contribution in [2.45, 2.75) is 6.42 Å². The molecule has 0 radical (unpaired) electrons. The van der Waals surface area contributed by atoms with Gasteiger partial charge in [0.25, 0.3) is 0 Å². The number of nitrogens with two attached hydrogens (primary N) is 1. The number of benzene rings is 1. The van der Waals surface area contributed by atoms with Gasteiger partial charge in [-0.2, -0.15) is 0 Å². The lowest BCUT2D eigenvalue weighted by atomic mass is 10.2. The Balaban J connectivity index is 1.38. The zero-order chi connectivity index (χ0) is 17.5. The molecule has 0 bridgehead atoms. The molecule has 0 unspecified atom stereocenters. The van der Waals surface area contributed by atoms with Crippen molar-refractivity contribution in [1.29, 1.82) is 0 Å². The van der Waals surface area contributed by atoms with Crippen molar-refractivity contribution in [3.63, 3.8) is 0 Å². The van der Waals surface area contributed by atoms with E-state index in [1.165, 1.54) is 12.1 Å². The summed E-state index contributed by atoms with van der Waals surface area (Å²) in [5.41, 5.74) is 7.20. The van der Waals surface area contributed by atoms with Crippen LogP contribution >= 0.6 is 0 Å². The van der Waals surface area contributed by atoms with Gasteiger partial charge in [-0.05, 0) is 30.7 Å². The molecule has 2 aliphatic heterocycles. The molecular formula is C18H28FN5O. The number of rotatable bonds is 5. The number of guanidine groups is 1. The normalized spacial score (nSPS) is 20.1. The molecule has 1 aromatic carbocycles. The van der Waals surface area contributed by atoms with E-state index in [0.717, 1.165) is 77.7 Å². The van der Waals surface area contributed by atoms with Gasteiger partial charge >= 0.3 is 0 Å². The van der Waals surface area contributed by atoms with Gasteiger partial charge in [-0.1, -0.05) is 0 Å². The van der Waals surface area contributed by atoms with Crippen LogP contribution in [0.2, 0.25) is 0 Å². The number of halogens is 1. The van der Waals surface area contributed by atoms with Gasteiger partial charge in [0.1, 0.15) is 5.82 Å². The maximum absolute atomic E-state index is 13.0. The summed E-state index contributed by atoms with van der Waals surface area (Å²) >= 11 is 0. The van der Waals surface area contributed by atoms with E-state index in [-0.39, 0.29) is 5.82 Å². The predicted molar refractivity (Wildman–Crippen MR) is 98.6 cm³/mol. The van der Waals surface area contributed by atoms with Crippen molar-refractivity contribution >= 4 is 11.6 Å². The number of nitrogens with zero attached hydrogens (tertiary/aromatic N) is 4. The minimum Gasteiger partial charge on any atom is -0.379 e. The van der Waals surface area contributed by atoms with Crippen LogP contribution in [0.4, 0.5) is 10.1 Å². The van der Waals surface area contributed by atoms with Gasteiger partial charge in [-0.3, -0.25) is 9.89 Å². The Morgan fingerprint density at radius 3 is 2.40 bits per heavy atom. The second kappa shape index (κ2) is 9.01. The Morgan fingerprint density at radius 2 is 1.72 bits per heavy atom. The first-order chi connectivity index (χ1) is 12.2. The van der Waals surface area contributed by atoms with Crippen LogP contribution in [0.1, 0.15) is 6.42 Å². The molecule has 25 heavy (non-hydrogen) atoms.